The van der Waals surface area contributed by atoms with Crippen LogP contribution >= 0.6 is 11.3 Å². The second-order valence-corrected chi connectivity index (χ2v) is 6.30. The molecule has 1 amide bonds. The van der Waals surface area contributed by atoms with E-state index in [0.717, 1.165) is 42.2 Å². The Morgan fingerprint density at radius 1 is 1.38 bits per heavy atom. The van der Waals surface area contributed by atoms with E-state index in [2.05, 4.69) is 14.9 Å². The van der Waals surface area contributed by atoms with Gasteiger partial charge in [-0.3, -0.25) is 4.79 Å². The van der Waals surface area contributed by atoms with Crippen molar-refractivity contribution in [2.75, 3.05) is 31.1 Å². The Bertz CT molecular complexity index is 633. The molecule has 3 rings (SSSR count). The van der Waals surface area contributed by atoms with Crippen molar-refractivity contribution in [1.82, 2.24) is 14.9 Å². The van der Waals surface area contributed by atoms with Crippen LogP contribution in [0.15, 0.2) is 17.8 Å². The third-order valence-corrected chi connectivity index (χ3v) is 4.55. The van der Waals surface area contributed by atoms with Crippen LogP contribution in [-0.2, 0) is 4.79 Å². The van der Waals surface area contributed by atoms with Crippen molar-refractivity contribution in [3.8, 4) is 0 Å². The number of fused-ring (bicyclic) bond motifs is 1. The van der Waals surface area contributed by atoms with Gasteiger partial charge in [-0.05, 0) is 18.4 Å². The van der Waals surface area contributed by atoms with Crippen LogP contribution in [0.4, 0.5) is 5.82 Å². The first-order chi connectivity index (χ1) is 10.1. The maximum atomic E-state index is 12.0. The predicted molar refractivity (Wildman–Crippen MR) is 84.5 cm³/mol. The maximum Gasteiger partial charge on any atom is 0.224 e. The monoisotopic (exact) mass is 305 g/mol. The zero-order valence-corrected chi connectivity index (χ0v) is 12.8. The number of hydrogen-bond donors (Lipinski definition) is 1. The molecule has 0 saturated carbocycles. The van der Waals surface area contributed by atoms with Crippen LogP contribution in [0.25, 0.3) is 10.2 Å². The number of nitrogens with zero attached hydrogens (tertiary/aromatic N) is 4. The summed E-state index contributed by atoms with van der Waals surface area (Å²) in [6, 6.07) is 1.93. The highest BCUT2D eigenvalue weighted by molar-refractivity contribution is 7.17. The molecule has 1 saturated heterocycles. The average molecular weight is 305 g/mol. The smallest absolute Gasteiger partial charge is 0.224 e. The molecule has 7 heteroatoms. The molecule has 0 bridgehead atoms. The first kappa shape index (κ1) is 14.2. The van der Waals surface area contributed by atoms with E-state index in [0.29, 0.717) is 6.42 Å². The first-order valence-electron chi connectivity index (χ1n) is 7.11. The Balaban J connectivity index is 1.68. The minimum Gasteiger partial charge on any atom is -0.352 e. The van der Waals surface area contributed by atoms with E-state index in [1.54, 1.807) is 17.7 Å². The molecular weight excluding hydrogens is 286 g/mol. The van der Waals surface area contributed by atoms with Gasteiger partial charge < -0.3 is 15.5 Å². The molecule has 112 valence electrons. The SMILES string of the molecule is CC(N)CC(=O)N1CCN(c2ncnc3ccsc23)CC1. The molecule has 1 fully saturated rings. The van der Waals surface area contributed by atoms with Crippen LogP contribution in [0.2, 0.25) is 0 Å². The van der Waals surface area contributed by atoms with Crippen molar-refractivity contribution < 1.29 is 4.79 Å². The van der Waals surface area contributed by atoms with Gasteiger partial charge in [0.1, 0.15) is 12.1 Å². The van der Waals surface area contributed by atoms with Gasteiger partial charge in [-0.2, -0.15) is 0 Å². The molecule has 0 aliphatic carbocycles. The molecule has 2 aromatic rings. The lowest BCUT2D eigenvalue weighted by Gasteiger charge is -2.35. The zero-order chi connectivity index (χ0) is 14.8. The van der Waals surface area contributed by atoms with Gasteiger partial charge in [0, 0.05) is 38.6 Å². The third kappa shape index (κ3) is 2.98. The summed E-state index contributed by atoms with van der Waals surface area (Å²) in [4.78, 5) is 24.8. The number of anilines is 1. The Kier molecular flexibility index (Phi) is 4.03. The topological polar surface area (TPSA) is 75.4 Å². The molecule has 2 N–H and O–H groups in total. The van der Waals surface area contributed by atoms with E-state index >= 15 is 0 Å². The summed E-state index contributed by atoms with van der Waals surface area (Å²) >= 11 is 1.66. The summed E-state index contributed by atoms with van der Waals surface area (Å²) in [5.41, 5.74) is 6.68. The van der Waals surface area contributed by atoms with Gasteiger partial charge in [0.05, 0.1) is 10.2 Å². The Morgan fingerprint density at radius 2 is 2.14 bits per heavy atom. The fourth-order valence-corrected chi connectivity index (χ4v) is 3.44. The fourth-order valence-electron chi connectivity index (χ4n) is 2.57. The number of amides is 1. The summed E-state index contributed by atoms with van der Waals surface area (Å²) in [7, 11) is 0. The van der Waals surface area contributed by atoms with Crippen LogP contribution in [0, 0.1) is 0 Å². The van der Waals surface area contributed by atoms with E-state index in [1.165, 1.54) is 0 Å². The van der Waals surface area contributed by atoms with Crippen molar-refractivity contribution in [1.29, 1.82) is 0 Å². The number of rotatable bonds is 3. The third-order valence-electron chi connectivity index (χ3n) is 3.65. The molecule has 2 aromatic heterocycles. The minimum absolute atomic E-state index is 0.0804. The van der Waals surface area contributed by atoms with Crippen molar-refractivity contribution in [2.24, 2.45) is 5.73 Å². The fraction of sp³-hybridized carbons (Fsp3) is 0.500. The molecule has 1 unspecified atom stereocenters. The number of thiophene rings is 1. The number of carbonyl (C=O) groups excluding carboxylic acids is 1. The van der Waals surface area contributed by atoms with Crippen molar-refractivity contribution in [3.05, 3.63) is 17.8 Å². The largest absolute Gasteiger partial charge is 0.352 e. The highest BCUT2D eigenvalue weighted by Gasteiger charge is 2.23. The first-order valence-corrected chi connectivity index (χ1v) is 7.99. The molecule has 6 nitrogen and oxygen atoms in total. The summed E-state index contributed by atoms with van der Waals surface area (Å²) in [5.74, 6) is 1.13. The highest BCUT2D eigenvalue weighted by atomic mass is 32.1. The highest BCUT2D eigenvalue weighted by Crippen LogP contribution is 2.28. The van der Waals surface area contributed by atoms with Crippen molar-refractivity contribution in [3.63, 3.8) is 0 Å². The second-order valence-electron chi connectivity index (χ2n) is 5.38. The summed E-state index contributed by atoms with van der Waals surface area (Å²) in [6.07, 6.45) is 2.03. The lowest BCUT2D eigenvalue weighted by atomic mass is 10.2. The Morgan fingerprint density at radius 3 is 2.86 bits per heavy atom. The zero-order valence-electron chi connectivity index (χ0n) is 12.0. The molecule has 1 atom stereocenters. The quantitative estimate of drug-likeness (QED) is 0.918. The van der Waals surface area contributed by atoms with Crippen molar-refractivity contribution in [2.45, 2.75) is 19.4 Å². The van der Waals surface area contributed by atoms with Crippen molar-refractivity contribution >= 4 is 33.3 Å². The molecule has 1 aliphatic heterocycles. The molecule has 0 aromatic carbocycles. The average Bonchev–Trinajstić information content (AvgIpc) is 2.95. The predicted octanol–water partition coefficient (Wildman–Crippen LogP) is 1.08. The van der Waals surface area contributed by atoms with Gasteiger partial charge in [-0.1, -0.05) is 0 Å². The second kappa shape index (κ2) is 5.95. The van der Waals surface area contributed by atoms with E-state index in [1.807, 2.05) is 23.3 Å². The van der Waals surface area contributed by atoms with Gasteiger partial charge in [-0.15, -0.1) is 11.3 Å². The van der Waals surface area contributed by atoms with Gasteiger partial charge in [-0.25, -0.2) is 9.97 Å². The van der Waals surface area contributed by atoms with Crippen LogP contribution in [0.3, 0.4) is 0 Å². The number of nitrogens with two attached hydrogens (primary N) is 1. The van der Waals surface area contributed by atoms with E-state index in [4.69, 9.17) is 5.73 Å². The van der Waals surface area contributed by atoms with Gasteiger partial charge in [0.25, 0.3) is 0 Å². The van der Waals surface area contributed by atoms with Crippen LogP contribution in [-0.4, -0.2) is 53.0 Å². The van der Waals surface area contributed by atoms with E-state index in [-0.39, 0.29) is 11.9 Å². The number of hydrogen-bond acceptors (Lipinski definition) is 6. The normalized spacial score (nSPS) is 17.2. The molecule has 0 radical (unpaired) electrons. The molecule has 3 heterocycles. The summed E-state index contributed by atoms with van der Waals surface area (Å²) in [5, 5.41) is 2.03. The van der Waals surface area contributed by atoms with Crippen LogP contribution < -0.4 is 10.6 Å². The standard InChI is InChI=1S/C14H19N5OS/c1-10(15)8-12(20)18-3-5-19(6-4-18)14-13-11(2-7-21-13)16-9-17-14/h2,7,9-10H,3-6,8,15H2,1H3. The molecule has 0 spiro atoms. The lowest BCUT2D eigenvalue weighted by Crippen LogP contribution is -2.49. The maximum absolute atomic E-state index is 12.0. The van der Waals surface area contributed by atoms with Gasteiger partial charge in [0.2, 0.25) is 5.91 Å². The molecule has 21 heavy (non-hydrogen) atoms. The van der Waals surface area contributed by atoms with E-state index < -0.39 is 0 Å². The lowest BCUT2D eigenvalue weighted by molar-refractivity contribution is -0.131. The molecule has 1 aliphatic rings. The van der Waals surface area contributed by atoms with Crippen LogP contribution in [0.5, 0.6) is 0 Å². The van der Waals surface area contributed by atoms with Crippen LogP contribution in [0.1, 0.15) is 13.3 Å². The number of carbonyl (C=O) groups is 1. The number of piperazine rings is 1. The summed E-state index contributed by atoms with van der Waals surface area (Å²) in [6.45, 7) is 4.91. The number of aromatic nitrogens is 2. The van der Waals surface area contributed by atoms with Gasteiger partial charge in [0.15, 0.2) is 0 Å². The van der Waals surface area contributed by atoms with E-state index in [9.17, 15) is 4.79 Å². The summed E-state index contributed by atoms with van der Waals surface area (Å²) < 4.78 is 1.12. The van der Waals surface area contributed by atoms with Gasteiger partial charge >= 0.3 is 0 Å². The molecular formula is C14H19N5OS. The Labute approximate surface area is 127 Å². The Hall–Kier alpha value is -1.73. The minimum atomic E-state index is -0.0804.